The summed E-state index contributed by atoms with van der Waals surface area (Å²) in [6, 6.07) is 14.1. The van der Waals surface area contributed by atoms with Crippen LogP contribution in [0.15, 0.2) is 67.0 Å². The second-order valence-electron chi connectivity index (χ2n) is 5.80. The Morgan fingerprint density at radius 1 is 1.11 bits per heavy atom. The fraction of sp³-hybridized carbons (Fsp3) is 0.0526. The lowest BCUT2D eigenvalue weighted by Gasteiger charge is -2.08. The van der Waals surface area contributed by atoms with E-state index in [4.69, 9.17) is 4.74 Å². The van der Waals surface area contributed by atoms with Gasteiger partial charge in [0.25, 0.3) is 0 Å². The molecule has 8 nitrogen and oxygen atoms in total. The van der Waals surface area contributed by atoms with Crippen molar-refractivity contribution in [3.8, 4) is 11.6 Å². The van der Waals surface area contributed by atoms with E-state index in [-0.39, 0.29) is 12.4 Å². The smallest absolute Gasteiger partial charge is 0.319 e. The fourth-order valence-corrected chi connectivity index (χ4v) is 2.51. The van der Waals surface area contributed by atoms with Crippen LogP contribution < -0.4 is 15.4 Å². The van der Waals surface area contributed by atoms with Gasteiger partial charge in [0.05, 0.1) is 18.4 Å². The predicted molar refractivity (Wildman–Crippen MR) is 99.6 cm³/mol. The van der Waals surface area contributed by atoms with Gasteiger partial charge in [0, 0.05) is 18.3 Å². The molecule has 3 heterocycles. The standard InChI is InChI=1S/C19H15FN6O2/c20-13-4-3-5-15(10-13)28-18-8-7-14(11-21-18)23-19(27)22-12-17-25-24-16-6-1-2-9-26(16)17/h1-11H,12H2,(H2,22,23,27). The molecule has 0 saturated carbocycles. The molecular formula is C19H15FN6O2. The van der Waals surface area contributed by atoms with Crippen molar-refractivity contribution in [2.75, 3.05) is 5.32 Å². The molecule has 3 aromatic heterocycles. The van der Waals surface area contributed by atoms with Gasteiger partial charge in [-0.25, -0.2) is 14.2 Å². The van der Waals surface area contributed by atoms with Crippen LogP contribution in [-0.4, -0.2) is 25.6 Å². The molecule has 0 spiro atoms. The largest absolute Gasteiger partial charge is 0.439 e. The van der Waals surface area contributed by atoms with Gasteiger partial charge in [0.15, 0.2) is 11.5 Å². The van der Waals surface area contributed by atoms with E-state index in [1.165, 1.54) is 18.3 Å². The maximum absolute atomic E-state index is 13.2. The molecular weight excluding hydrogens is 363 g/mol. The van der Waals surface area contributed by atoms with Crippen LogP contribution in [0.3, 0.4) is 0 Å². The third-order valence-electron chi connectivity index (χ3n) is 3.80. The van der Waals surface area contributed by atoms with Crippen molar-refractivity contribution in [1.82, 2.24) is 24.9 Å². The molecule has 2 amide bonds. The molecule has 0 aliphatic carbocycles. The number of urea groups is 1. The van der Waals surface area contributed by atoms with Gasteiger partial charge in [-0.3, -0.25) is 4.40 Å². The molecule has 0 radical (unpaired) electrons. The zero-order valence-corrected chi connectivity index (χ0v) is 14.5. The van der Waals surface area contributed by atoms with Gasteiger partial charge in [-0.15, -0.1) is 10.2 Å². The number of nitrogens with zero attached hydrogens (tertiary/aromatic N) is 4. The van der Waals surface area contributed by atoms with Crippen LogP contribution in [0.2, 0.25) is 0 Å². The van der Waals surface area contributed by atoms with Gasteiger partial charge in [0.2, 0.25) is 5.88 Å². The lowest BCUT2D eigenvalue weighted by atomic mass is 10.3. The average Bonchev–Trinajstić information content (AvgIpc) is 3.11. The minimum Gasteiger partial charge on any atom is -0.439 e. The van der Waals surface area contributed by atoms with E-state index < -0.39 is 11.8 Å². The van der Waals surface area contributed by atoms with Crippen molar-refractivity contribution in [2.45, 2.75) is 6.54 Å². The van der Waals surface area contributed by atoms with Crippen LogP contribution >= 0.6 is 0 Å². The molecule has 0 aliphatic heterocycles. The summed E-state index contributed by atoms with van der Waals surface area (Å²) in [4.78, 5) is 16.2. The molecule has 0 aliphatic rings. The van der Waals surface area contributed by atoms with E-state index in [1.807, 2.05) is 24.4 Å². The van der Waals surface area contributed by atoms with Crippen LogP contribution in [0.25, 0.3) is 5.65 Å². The van der Waals surface area contributed by atoms with Crippen molar-refractivity contribution < 1.29 is 13.9 Å². The molecule has 140 valence electrons. The normalized spacial score (nSPS) is 10.6. The molecule has 1 aromatic carbocycles. The summed E-state index contributed by atoms with van der Waals surface area (Å²) in [5.41, 5.74) is 1.19. The van der Waals surface area contributed by atoms with Crippen LogP contribution in [0.5, 0.6) is 11.6 Å². The maximum Gasteiger partial charge on any atom is 0.319 e. The van der Waals surface area contributed by atoms with Crippen molar-refractivity contribution >= 4 is 17.4 Å². The van der Waals surface area contributed by atoms with Crippen LogP contribution in [-0.2, 0) is 6.54 Å². The molecule has 4 rings (SSSR count). The van der Waals surface area contributed by atoms with Gasteiger partial charge >= 0.3 is 6.03 Å². The highest BCUT2D eigenvalue weighted by atomic mass is 19.1. The predicted octanol–water partition coefficient (Wildman–Crippen LogP) is 3.38. The number of benzene rings is 1. The molecule has 28 heavy (non-hydrogen) atoms. The maximum atomic E-state index is 13.2. The summed E-state index contributed by atoms with van der Waals surface area (Å²) in [6.07, 6.45) is 3.27. The molecule has 0 saturated heterocycles. The quantitative estimate of drug-likeness (QED) is 0.555. The number of carbonyl (C=O) groups excluding carboxylic acids is 1. The summed E-state index contributed by atoms with van der Waals surface area (Å²) < 4.78 is 20.4. The number of anilines is 1. The first-order valence-electron chi connectivity index (χ1n) is 8.40. The van der Waals surface area contributed by atoms with Gasteiger partial charge in [-0.1, -0.05) is 12.1 Å². The molecule has 2 N–H and O–H groups in total. The van der Waals surface area contributed by atoms with E-state index in [2.05, 4.69) is 25.8 Å². The number of rotatable bonds is 5. The van der Waals surface area contributed by atoms with Crippen molar-refractivity contribution in [3.05, 3.63) is 78.6 Å². The number of carbonyl (C=O) groups is 1. The second-order valence-corrected chi connectivity index (χ2v) is 5.80. The van der Waals surface area contributed by atoms with E-state index in [1.54, 1.807) is 28.7 Å². The first kappa shape index (κ1) is 17.4. The highest BCUT2D eigenvalue weighted by Gasteiger charge is 2.08. The number of hydrogen-bond donors (Lipinski definition) is 2. The van der Waals surface area contributed by atoms with Crippen LogP contribution in [0.4, 0.5) is 14.9 Å². The SMILES string of the molecule is O=C(NCc1nnc2ccccn12)Nc1ccc(Oc2cccc(F)c2)nc1. The second kappa shape index (κ2) is 7.70. The molecule has 0 bridgehead atoms. The summed E-state index contributed by atoms with van der Waals surface area (Å²) in [7, 11) is 0. The van der Waals surface area contributed by atoms with Crippen LogP contribution in [0, 0.1) is 5.82 Å². The number of halogens is 1. The monoisotopic (exact) mass is 378 g/mol. The molecule has 4 aromatic rings. The van der Waals surface area contributed by atoms with Gasteiger partial charge in [-0.05, 0) is 30.3 Å². The van der Waals surface area contributed by atoms with Crippen molar-refractivity contribution in [1.29, 1.82) is 0 Å². The summed E-state index contributed by atoms with van der Waals surface area (Å²) in [5, 5.41) is 13.5. The van der Waals surface area contributed by atoms with E-state index in [9.17, 15) is 9.18 Å². The molecule has 0 unspecified atom stereocenters. The first-order chi connectivity index (χ1) is 13.7. The minimum absolute atomic E-state index is 0.213. The Morgan fingerprint density at radius 3 is 2.86 bits per heavy atom. The Kier molecular flexibility index (Phi) is 4.79. The number of amides is 2. The molecule has 0 fully saturated rings. The minimum atomic E-state index is -0.409. The van der Waals surface area contributed by atoms with Crippen LogP contribution in [0.1, 0.15) is 5.82 Å². The Bertz CT molecular complexity index is 1110. The number of ether oxygens (including phenoxy) is 1. The average molecular weight is 378 g/mol. The summed E-state index contributed by atoms with van der Waals surface area (Å²) >= 11 is 0. The zero-order chi connectivity index (χ0) is 19.3. The number of fused-ring (bicyclic) bond motifs is 1. The Balaban J connectivity index is 1.33. The Labute approximate surface area is 159 Å². The topological polar surface area (TPSA) is 93.4 Å². The van der Waals surface area contributed by atoms with E-state index in [0.717, 1.165) is 0 Å². The summed E-state index contributed by atoms with van der Waals surface area (Å²) in [5.74, 6) is 0.841. The number of nitrogens with one attached hydrogen (secondary N) is 2. The third kappa shape index (κ3) is 4.04. The Hall–Kier alpha value is -4.01. The third-order valence-corrected chi connectivity index (χ3v) is 3.80. The van der Waals surface area contributed by atoms with Gasteiger partial charge in [-0.2, -0.15) is 0 Å². The highest BCUT2D eigenvalue weighted by Crippen LogP contribution is 2.21. The van der Waals surface area contributed by atoms with Crippen molar-refractivity contribution in [3.63, 3.8) is 0 Å². The number of hydrogen-bond acceptors (Lipinski definition) is 5. The van der Waals surface area contributed by atoms with E-state index in [0.29, 0.717) is 22.9 Å². The number of pyridine rings is 2. The molecule has 0 atom stereocenters. The van der Waals surface area contributed by atoms with E-state index >= 15 is 0 Å². The Morgan fingerprint density at radius 2 is 2.04 bits per heavy atom. The summed E-state index contributed by atoms with van der Waals surface area (Å²) in [6.45, 7) is 0.213. The number of aromatic nitrogens is 4. The lowest BCUT2D eigenvalue weighted by Crippen LogP contribution is -2.29. The highest BCUT2D eigenvalue weighted by molar-refractivity contribution is 5.88. The lowest BCUT2D eigenvalue weighted by molar-refractivity contribution is 0.251. The van der Waals surface area contributed by atoms with Gasteiger partial charge < -0.3 is 15.4 Å². The van der Waals surface area contributed by atoms with Gasteiger partial charge in [0.1, 0.15) is 11.6 Å². The molecule has 9 heteroatoms. The zero-order valence-electron chi connectivity index (χ0n) is 14.5. The van der Waals surface area contributed by atoms with Crippen molar-refractivity contribution in [2.24, 2.45) is 0 Å². The first-order valence-corrected chi connectivity index (χ1v) is 8.40. The fourth-order valence-electron chi connectivity index (χ4n) is 2.51.